The fraction of sp³-hybridized carbons (Fsp3) is 0.424. The minimum Gasteiger partial charge on any atom is -0.382 e. The van der Waals surface area contributed by atoms with Gasteiger partial charge in [0.15, 0.2) is 0 Å². The van der Waals surface area contributed by atoms with Crippen LogP contribution in [0.3, 0.4) is 0 Å². The van der Waals surface area contributed by atoms with E-state index in [0.717, 1.165) is 49.1 Å². The number of carbonyl (C=O) groups excluding carboxylic acids is 7. The Morgan fingerprint density at radius 3 is 2.05 bits per heavy atom. The number of hydrogen-bond acceptors (Lipinski definition) is 16. The van der Waals surface area contributed by atoms with Crippen molar-refractivity contribution in [2.75, 3.05) is 111 Å². The fourth-order valence-electron chi connectivity index (χ4n) is 10.2. The van der Waals surface area contributed by atoms with Gasteiger partial charge >= 0.3 is 0 Å². The molecule has 0 spiro atoms. The number of benzene rings is 4. The molecule has 3 aliphatic rings. The molecule has 3 aliphatic heterocycles. The van der Waals surface area contributed by atoms with E-state index >= 15 is 0 Å². The van der Waals surface area contributed by atoms with Crippen molar-refractivity contribution in [1.29, 1.82) is 0 Å². The molecule has 1 saturated heterocycles. The van der Waals surface area contributed by atoms with E-state index < -0.39 is 47.7 Å². The number of hydrogen-bond donors (Lipinski definition) is 6. The third-order valence-electron chi connectivity index (χ3n) is 14.2. The van der Waals surface area contributed by atoms with Gasteiger partial charge in [0.1, 0.15) is 18.1 Å². The quantitative estimate of drug-likeness (QED) is 0.0261. The Hall–Kier alpha value is -7.90. The molecule has 23 heteroatoms. The summed E-state index contributed by atoms with van der Waals surface area (Å²) >= 11 is 0. The molecular formula is C59H69N9O14. The molecule has 0 aliphatic carbocycles. The second-order valence-corrected chi connectivity index (χ2v) is 19.9. The lowest BCUT2D eigenvalue weighted by molar-refractivity contribution is -0.143. The first-order valence-corrected chi connectivity index (χ1v) is 27.6. The molecule has 6 aromatic rings. The Balaban J connectivity index is 0.597. The average molecular weight is 1130 g/mol. The zero-order valence-electron chi connectivity index (χ0n) is 45.8. The Morgan fingerprint density at radius 2 is 1.37 bits per heavy atom. The maximum atomic E-state index is 14.8. The van der Waals surface area contributed by atoms with Crippen LogP contribution in [0.2, 0.25) is 0 Å². The van der Waals surface area contributed by atoms with Crippen molar-refractivity contribution >= 4 is 68.8 Å². The highest BCUT2D eigenvalue weighted by Crippen LogP contribution is 2.33. The topological polar surface area (TPSA) is 283 Å². The lowest BCUT2D eigenvalue weighted by Crippen LogP contribution is -2.58. The molecule has 2 aromatic heterocycles. The van der Waals surface area contributed by atoms with Crippen molar-refractivity contribution in [1.82, 2.24) is 40.9 Å². The van der Waals surface area contributed by atoms with Crippen LogP contribution in [-0.4, -0.2) is 190 Å². The van der Waals surface area contributed by atoms with Gasteiger partial charge in [-0.2, -0.15) is 5.10 Å². The highest BCUT2D eigenvalue weighted by Gasteiger charge is 2.46. The molecule has 82 heavy (non-hydrogen) atoms. The average Bonchev–Trinajstić information content (AvgIpc) is 4.37. The van der Waals surface area contributed by atoms with Crippen LogP contribution in [0.15, 0.2) is 91.1 Å². The van der Waals surface area contributed by atoms with E-state index in [4.69, 9.17) is 33.2 Å². The number of rotatable bonds is 32. The summed E-state index contributed by atoms with van der Waals surface area (Å²) in [5, 5.41) is 20.1. The number of para-hydroxylation sites is 1. The molecule has 0 radical (unpaired) electrons. The number of fused-ring (bicyclic) bond motifs is 5. The van der Waals surface area contributed by atoms with E-state index in [1.54, 1.807) is 47.5 Å². The van der Waals surface area contributed by atoms with Gasteiger partial charge in [-0.1, -0.05) is 54.1 Å². The summed E-state index contributed by atoms with van der Waals surface area (Å²) in [6.07, 6.45) is 2.28. The third-order valence-corrected chi connectivity index (χ3v) is 14.2. The minimum absolute atomic E-state index is 0.0508. The van der Waals surface area contributed by atoms with Crippen molar-refractivity contribution in [3.8, 4) is 0 Å². The SMILES string of the molecule is Cc1cccc(C[C@@H](NC(=O)c2ccc3[nH]ncc3c2)C(=O)N2Cc3[nH]c4ccccc4c3C[C@@H]2C(=O)NCCOCCOCCOCCOCCOCCOCCOCCNc2cccc3c2C(=O)N(C2CCC(=O)NC2=O)C3=O)c1. The number of amides is 7. The fourth-order valence-corrected chi connectivity index (χ4v) is 10.2. The first-order valence-electron chi connectivity index (χ1n) is 27.6. The van der Waals surface area contributed by atoms with E-state index in [1.807, 2.05) is 55.5 Å². The number of aryl methyl sites for hydroxylation is 1. The number of ether oxygens (including phenoxy) is 7. The Bertz CT molecular complexity index is 3220. The molecule has 9 rings (SSSR count). The van der Waals surface area contributed by atoms with Crippen LogP contribution in [0.25, 0.3) is 21.8 Å². The van der Waals surface area contributed by atoms with Crippen molar-refractivity contribution in [2.24, 2.45) is 0 Å². The van der Waals surface area contributed by atoms with Gasteiger partial charge in [-0.25, -0.2) is 0 Å². The summed E-state index contributed by atoms with van der Waals surface area (Å²) in [5.41, 5.74) is 6.67. The maximum Gasteiger partial charge on any atom is 0.264 e. The van der Waals surface area contributed by atoms with E-state index in [0.29, 0.717) is 104 Å². The second kappa shape index (κ2) is 29.2. The first kappa shape index (κ1) is 58.7. The normalized spacial score (nSPS) is 16.4. The maximum absolute atomic E-state index is 14.8. The number of H-pyrrole nitrogens is 2. The largest absolute Gasteiger partial charge is 0.382 e. The molecule has 23 nitrogen and oxygen atoms in total. The minimum atomic E-state index is -1.03. The van der Waals surface area contributed by atoms with E-state index in [1.165, 1.54) is 0 Å². The van der Waals surface area contributed by atoms with E-state index in [2.05, 4.69) is 36.4 Å². The van der Waals surface area contributed by atoms with Crippen LogP contribution < -0.4 is 21.3 Å². The number of nitrogens with one attached hydrogen (secondary N) is 6. The van der Waals surface area contributed by atoms with Crippen LogP contribution in [0.4, 0.5) is 5.69 Å². The van der Waals surface area contributed by atoms with Gasteiger partial charge in [0.2, 0.25) is 23.6 Å². The molecule has 0 bridgehead atoms. The van der Waals surface area contributed by atoms with Gasteiger partial charge in [0.25, 0.3) is 17.7 Å². The van der Waals surface area contributed by atoms with Crippen LogP contribution in [0.5, 0.6) is 0 Å². The summed E-state index contributed by atoms with van der Waals surface area (Å²) < 4.78 is 39.3. The van der Waals surface area contributed by atoms with Crippen LogP contribution in [0.1, 0.15) is 66.3 Å². The van der Waals surface area contributed by atoms with Crippen LogP contribution in [0, 0.1) is 6.92 Å². The summed E-state index contributed by atoms with van der Waals surface area (Å²) in [5.74, 6) is -3.33. The molecule has 434 valence electrons. The van der Waals surface area contributed by atoms with Crippen molar-refractivity contribution in [3.63, 3.8) is 0 Å². The number of aromatic nitrogens is 3. The molecule has 1 unspecified atom stereocenters. The summed E-state index contributed by atoms with van der Waals surface area (Å²) in [6.45, 7) is 7.69. The Morgan fingerprint density at radius 1 is 0.707 bits per heavy atom. The highest BCUT2D eigenvalue weighted by atomic mass is 16.6. The van der Waals surface area contributed by atoms with Gasteiger partial charge in [-0.3, -0.25) is 48.9 Å². The number of imide groups is 2. The first-order chi connectivity index (χ1) is 40.0. The highest BCUT2D eigenvalue weighted by molar-refractivity contribution is 6.25. The number of anilines is 1. The zero-order valence-corrected chi connectivity index (χ0v) is 45.8. The number of aromatic amines is 2. The van der Waals surface area contributed by atoms with Gasteiger partial charge in [0, 0.05) is 65.6 Å². The predicted molar refractivity (Wildman–Crippen MR) is 299 cm³/mol. The standard InChI is InChI=1S/C59H69N9O14/c1-38-6-4-7-39(32-38)33-48(64-54(70)40-12-13-45-41(34-40)36-62-66-45)58(74)67-37-49-44(42-8-2-3-10-46(42)63-49)35-51(67)55(71)61-17-19-77-21-23-79-25-27-81-29-31-82-30-28-80-26-24-78-22-20-76-18-16-60-47-11-5-9-43-53(47)59(75)68(57(43)73)50-14-15-52(69)65-56(50)72/h2-13,32,34,36,48,50-51,60,63H,14-31,33,35,37H2,1H3,(H,61,71)(H,62,66)(H,64,70)(H,65,69,72)/t48-,50?,51-/m1/s1. The van der Waals surface area contributed by atoms with E-state index in [-0.39, 0.29) is 68.3 Å². The predicted octanol–water partition coefficient (Wildman–Crippen LogP) is 3.39. The van der Waals surface area contributed by atoms with Crippen molar-refractivity contribution < 1.29 is 66.7 Å². The van der Waals surface area contributed by atoms with Crippen LogP contribution in [-0.2, 0) is 71.7 Å². The monoisotopic (exact) mass is 1130 g/mol. The summed E-state index contributed by atoms with van der Waals surface area (Å²) in [6, 6.07) is 22.9. The number of nitrogens with zero attached hydrogens (tertiary/aromatic N) is 3. The van der Waals surface area contributed by atoms with Crippen molar-refractivity contribution in [3.05, 3.63) is 130 Å². The lowest BCUT2D eigenvalue weighted by atomic mass is 9.94. The molecule has 1 fully saturated rings. The third kappa shape index (κ3) is 15.2. The van der Waals surface area contributed by atoms with E-state index in [9.17, 15) is 33.6 Å². The Kier molecular flexibility index (Phi) is 20.9. The molecular weight excluding hydrogens is 1060 g/mol. The van der Waals surface area contributed by atoms with Crippen LogP contribution >= 0.6 is 0 Å². The second-order valence-electron chi connectivity index (χ2n) is 19.9. The summed E-state index contributed by atoms with van der Waals surface area (Å²) in [4.78, 5) is 99.0. The smallest absolute Gasteiger partial charge is 0.264 e. The molecule has 6 N–H and O–H groups in total. The van der Waals surface area contributed by atoms with Crippen molar-refractivity contribution in [2.45, 2.75) is 57.3 Å². The van der Waals surface area contributed by atoms with Gasteiger partial charge in [-0.15, -0.1) is 0 Å². The molecule has 0 saturated carbocycles. The summed E-state index contributed by atoms with van der Waals surface area (Å²) in [7, 11) is 0. The molecule has 5 heterocycles. The van der Waals surface area contributed by atoms with Gasteiger partial charge < -0.3 is 59.0 Å². The van der Waals surface area contributed by atoms with Gasteiger partial charge in [-0.05, 0) is 60.9 Å². The molecule has 7 amide bonds. The Labute approximate surface area is 473 Å². The number of piperidine rings is 1. The zero-order chi connectivity index (χ0) is 57.2. The van der Waals surface area contributed by atoms with Gasteiger partial charge in [0.05, 0.1) is 122 Å². The lowest BCUT2D eigenvalue weighted by Gasteiger charge is -2.37. The molecule has 4 aromatic carbocycles. The number of carbonyl (C=O) groups is 7. The molecule has 3 atom stereocenters.